The molecular weight excluding hydrogens is 442 g/mol. The van der Waals surface area contributed by atoms with E-state index >= 15 is 0 Å². The van der Waals surface area contributed by atoms with E-state index in [1.54, 1.807) is 13.0 Å². The van der Waals surface area contributed by atoms with Crippen molar-refractivity contribution in [3.63, 3.8) is 0 Å². The van der Waals surface area contributed by atoms with Crippen molar-refractivity contribution in [2.24, 2.45) is 0 Å². The maximum Gasteiger partial charge on any atom is 0.416 e. The highest BCUT2D eigenvalue weighted by atomic mass is 19.4. The van der Waals surface area contributed by atoms with Crippen LogP contribution in [0.4, 0.5) is 23.4 Å². The molecule has 4 rings (SSSR count). The fourth-order valence-corrected chi connectivity index (χ4v) is 3.10. The van der Waals surface area contributed by atoms with Crippen LogP contribution in [0, 0.1) is 12.7 Å². The van der Waals surface area contributed by atoms with Crippen LogP contribution in [0.5, 0.6) is 0 Å². The van der Waals surface area contributed by atoms with E-state index in [0.717, 1.165) is 12.1 Å². The van der Waals surface area contributed by atoms with Crippen LogP contribution in [0.1, 0.15) is 23.6 Å². The molecule has 170 valence electrons. The van der Waals surface area contributed by atoms with E-state index in [-0.39, 0.29) is 36.1 Å². The number of alkyl halides is 3. The standard InChI is InChI=1S/C22H17F4N5O2/c1-13-11-18(31(29-13)17-4-2-3-15(12-17)22(24,25)26)27-19(32)9-10-20-28-21(30-33-20)14-5-7-16(23)8-6-14/h2-8,11-12H,9-10H2,1H3,(H,27,32). The Morgan fingerprint density at radius 1 is 1.12 bits per heavy atom. The molecule has 2 heterocycles. The normalized spacial score (nSPS) is 11.5. The van der Waals surface area contributed by atoms with Crippen LogP contribution in [0.15, 0.2) is 59.1 Å². The van der Waals surface area contributed by atoms with Crippen LogP contribution in [-0.2, 0) is 17.4 Å². The number of aryl methyl sites for hydroxylation is 2. The summed E-state index contributed by atoms with van der Waals surface area (Å²) in [7, 11) is 0. The molecule has 0 aliphatic carbocycles. The molecule has 0 bridgehead atoms. The second-order valence-electron chi connectivity index (χ2n) is 7.20. The van der Waals surface area contributed by atoms with Crippen LogP contribution in [-0.4, -0.2) is 25.8 Å². The number of carbonyl (C=O) groups is 1. The van der Waals surface area contributed by atoms with E-state index in [4.69, 9.17) is 4.52 Å². The van der Waals surface area contributed by atoms with Gasteiger partial charge in [-0.2, -0.15) is 23.3 Å². The smallest absolute Gasteiger partial charge is 0.339 e. The summed E-state index contributed by atoms with van der Waals surface area (Å²) < 4.78 is 58.6. The lowest BCUT2D eigenvalue weighted by Crippen LogP contribution is -2.16. The summed E-state index contributed by atoms with van der Waals surface area (Å²) in [5.74, 6) is -0.0894. The third kappa shape index (κ3) is 5.25. The van der Waals surface area contributed by atoms with E-state index in [9.17, 15) is 22.4 Å². The fraction of sp³-hybridized carbons (Fsp3) is 0.182. The molecule has 1 amide bonds. The predicted molar refractivity (Wildman–Crippen MR) is 110 cm³/mol. The molecule has 2 aromatic carbocycles. The van der Waals surface area contributed by atoms with Crippen LogP contribution in [0.3, 0.4) is 0 Å². The monoisotopic (exact) mass is 459 g/mol. The Hall–Kier alpha value is -4.02. The van der Waals surface area contributed by atoms with Gasteiger partial charge in [0.15, 0.2) is 0 Å². The first kappa shape index (κ1) is 22.2. The van der Waals surface area contributed by atoms with Gasteiger partial charge in [0.05, 0.1) is 16.9 Å². The second-order valence-corrected chi connectivity index (χ2v) is 7.20. The van der Waals surface area contributed by atoms with Gasteiger partial charge < -0.3 is 9.84 Å². The highest BCUT2D eigenvalue weighted by Gasteiger charge is 2.30. The molecule has 4 aromatic rings. The summed E-state index contributed by atoms with van der Waals surface area (Å²) in [4.78, 5) is 16.6. The molecule has 0 radical (unpaired) electrons. The Morgan fingerprint density at radius 2 is 1.88 bits per heavy atom. The summed E-state index contributed by atoms with van der Waals surface area (Å²) in [6, 6.07) is 11.8. The highest BCUT2D eigenvalue weighted by molar-refractivity contribution is 5.90. The Balaban J connectivity index is 1.43. The molecule has 0 aliphatic rings. The first-order valence-electron chi connectivity index (χ1n) is 9.82. The van der Waals surface area contributed by atoms with Crippen molar-refractivity contribution in [1.82, 2.24) is 19.9 Å². The van der Waals surface area contributed by atoms with Gasteiger partial charge in [-0.25, -0.2) is 9.07 Å². The number of carbonyl (C=O) groups excluding carboxylic acids is 1. The van der Waals surface area contributed by atoms with Crippen molar-refractivity contribution in [3.8, 4) is 17.1 Å². The molecule has 0 spiro atoms. The predicted octanol–water partition coefficient (Wildman–Crippen LogP) is 4.96. The number of aromatic nitrogens is 4. The Labute approximate surface area is 185 Å². The number of nitrogens with zero attached hydrogens (tertiary/aromatic N) is 4. The zero-order valence-electron chi connectivity index (χ0n) is 17.2. The van der Waals surface area contributed by atoms with Crippen molar-refractivity contribution < 1.29 is 26.9 Å². The van der Waals surface area contributed by atoms with Crippen molar-refractivity contribution >= 4 is 11.7 Å². The van der Waals surface area contributed by atoms with Gasteiger partial charge in [0.1, 0.15) is 11.6 Å². The third-order valence-corrected chi connectivity index (χ3v) is 4.65. The molecule has 0 unspecified atom stereocenters. The summed E-state index contributed by atoms with van der Waals surface area (Å²) in [5.41, 5.74) is 0.424. The van der Waals surface area contributed by atoms with E-state index in [1.807, 2.05) is 0 Å². The van der Waals surface area contributed by atoms with Crippen molar-refractivity contribution in [2.45, 2.75) is 25.9 Å². The summed E-state index contributed by atoms with van der Waals surface area (Å²) in [6.45, 7) is 1.66. The minimum absolute atomic E-state index is 0.0160. The third-order valence-electron chi connectivity index (χ3n) is 4.65. The maximum atomic E-state index is 13.1. The molecule has 0 atom stereocenters. The number of benzene rings is 2. The second kappa shape index (κ2) is 8.85. The van der Waals surface area contributed by atoms with E-state index in [1.165, 1.54) is 41.1 Å². The van der Waals surface area contributed by atoms with Crippen LogP contribution >= 0.6 is 0 Å². The summed E-state index contributed by atoms with van der Waals surface area (Å²) >= 11 is 0. The number of amides is 1. The molecule has 1 N–H and O–H groups in total. The van der Waals surface area contributed by atoms with E-state index < -0.39 is 23.5 Å². The van der Waals surface area contributed by atoms with Gasteiger partial charge in [-0.1, -0.05) is 11.2 Å². The number of anilines is 1. The topological polar surface area (TPSA) is 85.8 Å². The fourth-order valence-electron chi connectivity index (χ4n) is 3.10. The van der Waals surface area contributed by atoms with Crippen LogP contribution < -0.4 is 5.32 Å². The van der Waals surface area contributed by atoms with Crippen molar-refractivity contribution in [1.29, 1.82) is 0 Å². The number of rotatable bonds is 6. The highest BCUT2D eigenvalue weighted by Crippen LogP contribution is 2.31. The van der Waals surface area contributed by atoms with Crippen LogP contribution in [0.2, 0.25) is 0 Å². The SMILES string of the molecule is Cc1cc(NC(=O)CCc2nc(-c3ccc(F)cc3)no2)n(-c2cccc(C(F)(F)F)c2)n1. The quantitative estimate of drug-likeness (QED) is 0.412. The van der Waals surface area contributed by atoms with E-state index in [0.29, 0.717) is 11.3 Å². The number of hydrogen-bond acceptors (Lipinski definition) is 5. The minimum Gasteiger partial charge on any atom is -0.339 e. The molecule has 7 nitrogen and oxygen atoms in total. The van der Waals surface area contributed by atoms with Gasteiger partial charge in [-0.05, 0) is 49.4 Å². The van der Waals surface area contributed by atoms with Gasteiger partial charge in [-0.15, -0.1) is 0 Å². The van der Waals surface area contributed by atoms with Crippen LogP contribution in [0.25, 0.3) is 17.1 Å². The van der Waals surface area contributed by atoms with Gasteiger partial charge in [0.25, 0.3) is 0 Å². The lowest BCUT2D eigenvalue weighted by atomic mass is 10.2. The zero-order valence-corrected chi connectivity index (χ0v) is 17.2. The molecular formula is C22H17F4N5O2. The minimum atomic E-state index is -4.50. The lowest BCUT2D eigenvalue weighted by Gasteiger charge is -2.11. The van der Waals surface area contributed by atoms with Gasteiger partial charge in [0, 0.05) is 24.5 Å². The first-order valence-corrected chi connectivity index (χ1v) is 9.82. The Morgan fingerprint density at radius 3 is 2.61 bits per heavy atom. The van der Waals surface area contributed by atoms with Gasteiger partial charge in [-0.3, -0.25) is 4.79 Å². The Kier molecular flexibility index (Phi) is 5.95. The molecule has 0 saturated heterocycles. The molecule has 0 saturated carbocycles. The Bertz CT molecular complexity index is 1280. The summed E-state index contributed by atoms with van der Waals surface area (Å²) in [6.07, 6.45) is -4.38. The molecule has 0 fully saturated rings. The molecule has 2 aromatic heterocycles. The molecule has 11 heteroatoms. The van der Waals surface area contributed by atoms with Gasteiger partial charge >= 0.3 is 6.18 Å². The first-order chi connectivity index (χ1) is 15.7. The van der Waals surface area contributed by atoms with Gasteiger partial charge in [0.2, 0.25) is 17.6 Å². The molecule has 0 aliphatic heterocycles. The lowest BCUT2D eigenvalue weighted by molar-refractivity contribution is -0.137. The average molecular weight is 459 g/mol. The largest absolute Gasteiger partial charge is 0.416 e. The average Bonchev–Trinajstić information content (AvgIpc) is 3.39. The van der Waals surface area contributed by atoms with Crippen molar-refractivity contribution in [3.05, 3.63) is 77.6 Å². The summed E-state index contributed by atoms with van der Waals surface area (Å²) in [5, 5.41) is 10.7. The van der Waals surface area contributed by atoms with E-state index in [2.05, 4.69) is 20.6 Å². The number of hydrogen-bond donors (Lipinski definition) is 1. The maximum absolute atomic E-state index is 13.1. The molecule has 33 heavy (non-hydrogen) atoms. The zero-order chi connectivity index (χ0) is 23.6. The number of nitrogens with one attached hydrogen (secondary N) is 1. The van der Waals surface area contributed by atoms with Crippen molar-refractivity contribution in [2.75, 3.05) is 5.32 Å². The number of halogens is 4.